The summed E-state index contributed by atoms with van der Waals surface area (Å²) in [5.74, 6) is 0.448. The van der Waals surface area contributed by atoms with Gasteiger partial charge in [0.2, 0.25) is 5.89 Å². The molecule has 6 nitrogen and oxygen atoms in total. The number of amides is 2. The average molecular weight is 395 g/mol. The molecule has 0 saturated carbocycles. The van der Waals surface area contributed by atoms with Crippen LogP contribution in [0.3, 0.4) is 0 Å². The zero-order chi connectivity index (χ0) is 19.7. The Morgan fingerprint density at radius 1 is 1.14 bits per heavy atom. The fraction of sp³-hybridized carbons (Fsp3) is 0.286. The van der Waals surface area contributed by atoms with E-state index in [0.717, 1.165) is 36.4 Å². The number of anilines is 1. The van der Waals surface area contributed by atoms with Crippen molar-refractivity contribution in [3.05, 3.63) is 58.3 Å². The molecule has 2 aromatic heterocycles. The number of thiophene rings is 1. The molecule has 0 unspecified atom stereocenters. The zero-order valence-corrected chi connectivity index (χ0v) is 16.6. The molecule has 1 fully saturated rings. The molecule has 0 bridgehead atoms. The number of hydrogen-bond acceptors (Lipinski definition) is 5. The molecule has 4 rings (SSSR count). The van der Waals surface area contributed by atoms with Gasteiger partial charge in [-0.25, -0.2) is 4.98 Å². The van der Waals surface area contributed by atoms with Gasteiger partial charge in [0.1, 0.15) is 5.76 Å². The van der Waals surface area contributed by atoms with Crippen molar-refractivity contribution in [2.24, 2.45) is 0 Å². The first-order valence-electron chi connectivity index (χ1n) is 9.26. The maximum atomic E-state index is 13.0. The van der Waals surface area contributed by atoms with Gasteiger partial charge in [0.05, 0.1) is 16.1 Å². The molecule has 1 aliphatic heterocycles. The summed E-state index contributed by atoms with van der Waals surface area (Å²) in [5, 5.41) is 4.79. The summed E-state index contributed by atoms with van der Waals surface area (Å²) in [5.41, 5.74) is 2.11. The number of oxazole rings is 1. The lowest BCUT2D eigenvalue weighted by Gasteiger charge is -2.19. The third-order valence-electron chi connectivity index (χ3n) is 4.87. The highest BCUT2D eigenvalue weighted by Crippen LogP contribution is 2.28. The highest BCUT2D eigenvalue weighted by Gasteiger charge is 2.25. The van der Waals surface area contributed by atoms with Gasteiger partial charge in [0.15, 0.2) is 5.69 Å². The largest absolute Gasteiger partial charge is 0.440 e. The van der Waals surface area contributed by atoms with E-state index in [0.29, 0.717) is 22.9 Å². The van der Waals surface area contributed by atoms with E-state index in [2.05, 4.69) is 10.3 Å². The average Bonchev–Trinajstić information content (AvgIpc) is 3.42. The molecule has 28 heavy (non-hydrogen) atoms. The highest BCUT2D eigenvalue weighted by molar-refractivity contribution is 7.13. The standard InChI is InChI=1S/C21H21N3O3S/c1-13-7-5-8-15(17(13)21(26)24-10-3-4-11-24)22-19(25)18-14(2)27-20(23-18)16-9-6-12-28-16/h5-9,12H,3-4,10-11H2,1-2H3,(H,22,25). The Bertz CT molecular complexity index is 1020. The van der Waals surface area contributed by atoms with Crippen molar-refractivity contribution in [3.63, 3.8) is 0 Å². The molecule has 2 amide bonds. The number of aromatic nitrogens is 1. The summed E-state index contributed by atoms with van der Waals surface area (Å²) in [6, 6.07) is 9.27. The highest BCUT2D eigenvalue weighted by atomic mass is 32.1. The number of carbonyl (C=O) groups excluding carboxylic acids is 2. The Morgan fingerprint density at radius 3 is 2.64 bits per heavy atom. The second-order valence-electron chi connectivity index (χ2n) is 6.85. The lowest BCUT2D eigenvalue weighted by atomic mass is 10.0. The van der Waals surface area contributed by atoms with Gasteiger partial charge in [0, 0.05) is 13.1 Å². The van der Waals surface area contributed by atoms with Crippen LogP contribution >= 0.6 is 11.3 Å². The molecule has 3 aromatic rings. The summed E-state index contributed by atoms with van der Waals surface area (Å²) >= 11 is 1.50. The molecule has 1 aliphatic rings. The SMILES string of the molecule is Cc1cccc(NC(=O)c2nc(-c3cccs3)oc2C)c1C(=O)N1CCCC1. The maximum absolute atomic E-state index is 13.0. The second-order valence-corrected chi connectivity index (χ2v) is 7.80. The van der Waals surface area contributed by atoms with Crippen molar-refractivity contribution in [3.8, 4) is 10.8 Å². The predicted octanol–water partition coefficient (Wildman–Crippen LogP) is 4.51. The summed E-state index contributed by atoms with van der Waals surface area (Å²) in [6.07, 6.45) is 2.03. The van der Waals surface area contributed by atoms with Crippen LogP contribution in [0.15, 0.2) is 40.1 Å². The van der Waals surface area contributed by atoms with Crippen LogP contribution in [0.25, 0.3) is 10.8 Å². The van der Waals surface area contributed by atoms with Crippen molar-refractivity contribution in [2.75, 3.05) is 18.4 Å². The maximum Gasteiger partial charge on any atom is 0.277 e. The Balaban J connectivity index is 1.62. The summed E-state index contributed by atoms with van der Waals surface area (Å²) in [4.78, 5) is 32.9. The minimum atomic E-state index is -0.384. The molecule has 0 radical (unpaired) electrons. The number of aryl methyl sites for hydroxylation is 2. The fourth-order valence-corrected chi connectivity index (χ4v) is 4.08. The quantitative estimate of drug-likeness (QED) is 0.705. The van der Waals surface area contributed by atoms with Crippen LogP contribution in [0.1, 0.15) is 45.0 Å². The normalized spacial score (nSPS) is 13.7. The van der Waals surface area contributed by atoms with Gasteiger partial charge in [-0.05, 0) is 49.8 Å². The van der Waals surface area contributed by atoms with E-state index in [4.69, 9.17) is 4.42 Å². The molecule has 0 spiro atoms. The second kappa shape index (κ2) is 7.59. The van der Waals surface area contributed by atoms with E-state index in [1.54, 1.807) is 13.0 Å². The molecular formula is C21H21N3O3S. The summed E-state index contributed by atoms with van der Waals surface area (Å²) in [7, 11) is 0. The van der Waals surface area contributed by atoms with E-state index >= 15 is 0 Å². The van der Waals surface area contributed by atoms with Gasteiger partial charge in [-0.15, -0.1) is 11.3 Å². The van der Waals surface area contributed by atoms with E-state index < -0.39 is 0 Å². The van der Waals surface area contributed by atoms with Gasteiger partial charge in [0.25, 0.3) is 11.8 Å². The molecule has 1 saturated heterocycles. The van der Waals surface area contributed by atoms with E-state index in [9.17, 15) is 9.59 Å². The fourth-order valence-electron chi connectivity index (χ4n) is 3.43. The minimum absolute atomic E-state index is 0.0398. The number of hydrogen-bond donors (Lipinski definition) is 1. The van der Waals surface area contributed by atoms with Gasteiger partial charge in [-0.3, -0.25) is 9.59 Å². The van der Waals surface area contributed by atoms with Crippen LogP contribution in [-0.2, 0) is 0 Å². The number of nitrogens with zero attached hydrogens (tertiary/aromatic N) is 2. The molecule has 1 aromatic carbocycles. The van der Waals surface area contributed by atoms with E-state index in [1.165, 1.54) is 11.3 Å². The number of rotatable bonds is 4. The van der Waals surface area contributed by atoms with Gasteiger partial charge in [-0.2, -0.15) is 0 Å². The molecule has 7 heteroatoms. The summed E-state index contributed by atoms with van der Waals surface area (Å²) < 4.78 is 5.66. The van der Waals surface area contributed by atoms with Crippen LogP contribution in [-0.4, -0.2) is 34.8 Å². The zero-order valence-electron chi connectivity index (χ0n) is 15.8. The van der Waals surface area contributed by atoms with Crippen LogP contribution in [0.4, 0.5) is 5.69 Å². The Hall–Kier alpha value is -2.93. The topological polar surface area (TPSA) is 75.4 Å². The molecule has 1 N–H and O–H groups in total. The molecule has 0 atom stereocenters. The van der Waals surface area contributed by atoms with Gasteiger partial charge < -0.3 is 14.6 Å². The van der Waals surface area contributed by atoms with Crippen molar-refractivity contribution >= 4 is 28.8 Å². The van der Waals surface area contributed by atoms with Crippen molar-refractivity contribution in [1.29, 1.82) is 0 Å². The lowest BCUT2D eigenvalue weighted by molar-refractivity contribution is 0.0793. The molecule has 144 valence electrons. The van der Waals surface area contributed by atoms with E-state index in [1.807, 2.05) is 41.5 Å². The van der Waals surface area contributed by atoms with Crippen molar-refractivity contribution in [2.45, 2.75) is 26.7 Å². The van der Waals surface area contributed by atoms with Gasteiger partial charge in [-0.1, -0.05) is 18.2 Å². The van der Waals surface area contributed by atoms with E-state index in [-0.39, 0.29) is 17.5 Å². The number of nitrogens with one attached hydrogen (secondary N) is 1. The van der Waals surface area contributed by atoms with Crippen LogP contribution in [0.2, 0.25) is 0 Å². The van der Waals surface area contributed by atoms with Crippen LogP contribution in [0.5, 0.6) is 0 Å². The van der Waals surface area contributed by atoms with Crippen LogP contribution in [0, 0.1) is 13.8 Å². The van der Waals surface area contributed by atoms with Gasteiger partial charge >= 0.3 is 0 Å². The minimum Gasteiger partial charge on any atom is -0.440 e. The first-order chi connectivity index (χ1) is 13.5. The number of carbonyl (C=O) groups is 2. The monoisotopic (exact) mass is 395 g/mol. The smallest absolute Gasteiger partial charge is 0.277 e. The Labute approximate surface area is 167 Å². The Kier molecular flexibility index (Phi) is 5.00. The van der Waals surface area contributed by atoms with Crippen LogP contribution < -0.4 is 5.32 Å². The first-order valence-corrected chi connectivity index (χ1v) is 10.1. The third kappa shape index (κ3) is 3.45. The molecule has 3 heterocycles. The summed E-state index contributed by atoms with van der Waals surface area (Å²) in [6.45, 7) is 5.11. The molecule has 0 aliphatic carbocycles. The molecular weight excluding hydrogens is 374 g/mol. The number of benzene rings is 1. The lowest BCUT2D eigenvalue weighted by Crippen LogP contribution is -2.29. The first kappa shape index (κ1) is 18.4. The predicted molar refractivity (Wildman–Crippen MR) is 109 cm³/mol. The number of likely N-dealkylation sites (tertiary alicyclic amines) is 1. The van der Waals surface area contributed by atoms with Crippen molar-refractivity contribution in [1.82, 2.24) is 9.88 Å². The Morgan fingerprint density at radius 2 is 1.93 bits per heavy atom. The van der Waals surface area contributed by atoms with Crippen molar-refractivity contribution < 1.29 is 14.0 Å². The third-order valence-corrected chi connectivity index (χ3v) is 5.73.